The topological polar surface area (TPSA) is 12.0 Å². The average molecular weight is 122 g/mol. The standard InChI is InChI=1S/C6H5.C2H7N/c1-2-4-6-5-3-1;1-3-2/h1-5H;3H,1-2H3. The van der Waals surface area contributed by atoms with Crippen molar-refractivity contribution in [2.24, 2.45) is 0 Å². The van der Waals surface area contributed by atoms with Crippen molar-refractivity contribution in [2.75, 3.05) is 14.1 Å². The smallest absolute Gasteiger partial charge is 0.0167 e. The third-order valence-corrected chi connectivity index (χ3v) is 0.607. The van der Waals surface area contributed by atoms with Gasteiger partial charge in [0.2, 0.25) is 0 Å². The summed E-state index contributed by atoms with van der Waals surface area (Å²) in [6.07, 6.45) is 0. The third kappa shape index (κ3) is 7.18. The lowest BCUT2D eigenvalue weighted by Crippen LogP contribution is -1.89. The Bertz CT molecular complexity index is 87.4. The van der Waals surface area contributed by atoms with Crippen molar-refractivity contribution in [1.29, 1.82) is 0 Å². The first-order valence-electron chi connectivity index (χ1n) is 2.91. The Kier molecular flexibility index (Phi) is 6.53. The van der Waals surface area contributed by atoms with Gasteiger partial charge in [-0.15, -0.1) is 0 Å². The van der Waals surface area contributed by atoms with Crippen LogP contribution in [0, 0.1) is 6.07 Å². The fourth-order valence-corrected chi connectivity index (χ4v) is 0.342. The molecule has 1 aromatic rings. The van der Waals surface area contributed by atoms with Gasteiger partial charge in [-0.25, -0.2) is 0 Å². The van der Waals surface area contributed by atoms with Crippen molar-refractivity contribution in [2.45, 2.75) is 0 Å². The molecule has 0 aliphatic heterocycles. The highest BCUT2D eigenvalue weighted by Gasteiger charge is 1.58. The Morgan fingerprint density at radius 2 is 1.44 bits per heavy atom. The molecule has 1 heteroatoms. The molecule has 0 saturated carbocycles. The molecule has 1 aromatic carbocycles. The Morgan fingerprint density at radius 1 is 1.00 bits per heavy atom. The molecule has 0 unspecified atom stereocenters. The van der Waals surface area contributed by atoms with Crippen molar-refractivity contribution in [3.05, 3.63) is 36.4 Å². The lowest BCUT2D eigenvalue weighted by atomic mass is 10.4. The number of nitrogens with one attached hydrogen (secondary N) is 1. The lowest BCUT2D eigenvalue weighted by Gasteiger charge is -1.68. The summed E-state index contributed by atoms with van der Waals surface area (Å²) >= 11 is 0. The number of hydrogen-bond acceptors (Lipinski definition) is 1. The Morgan fingerprint density at radius 3 is 1.56 bits per heavy atom. The largest absolute Gasteiger partial charge is 0.323 e. The van der Waals surface area contributed by atoms with E-state index >= 15 is 0 Å². The van der Waals surface area contributed by atoms with E-state index in [0.29, 0.717) is 0 Å². The van der Waals surface area contributed by atoms with E-state index in [1.165, 1.54) is 0 Å². The molecule has 0 spiro atoms. The number of benzene rings is 1. The summed E-state index contributed by atoms with van der Waals surface area (Å²) in [4.78, 5) is 0. The van der Waals surface area contributed by atoms with Crippen LogP contribution in [0.3, 0.4) is 0 Å². The molecule has 0 aromatic heterocycles. The third-order valence-electron chi connectivity index (χ3n) is 0.607. The van der Waals surface area contributed by atoms with Crippen molar-refractivity contribution < 1.29 is 0 Å². The van der Waals surface area contributed by atoms with Gasteiger partial charge in [0.15, 0.2) is 0 Å². The van der Waals surface area contributed by atoms with Crippen molar-refractivity contribution in [3.63, 3.8) is 0 Å². The van der Waals surface area contributed by atoms with Gasteiger partial charge in [-0.3, -0.25) is 0 Å². The van der Waals surface area contributed by atoms with E-state index in [1.54, 1.807) is 0 Å². The van der Waals surface area contributed by atoms with Gasteiger partial charge in [-0.2, -0.15) is 0 Å². The van der Waals surface area contributed by atoms with Crippen LogP contribution >= 0.6 is 0 Å². The number of rotatable bonds is 0. The molecule has 1 rings (SSSR count). The molecular weight excluding hydrogens is 110 g/mol. The minimum Gasteiger partial charge on any atom is -0.323 e. The summed E-state index contributed by atoms with van der Waals surface area (Å²) in [5.74, 6) is 0. The van der Waals surface area contributed by atoms with Crippen LogP contribution in [0.1, 0.15) is 0 Å². The Hall–Kier alpha value is -0.820. The fraction of sp³-hybridized carbons (Fsp3) is 0.250. The van der Waals surface area contributed by atoms with Gasteiger partial charge >= 0.3 is 0 Å². The molecule has 1 nitrogen and oxygen atoms in total. The summed E-state index contributed by atoms with van der Waals surface area (Å²) in [6.45, 7) is 0. The molecule has 9 heavy (non-hydrogen) atoms. The van der Waals surface area contributed by atoms with Gasteiger partial charge in [-0.05, 0) is 20.2 Å². The minimum absolute atomic E-state index is 1.88. The molecule has 0 fully saturated rings. The maximum Gasteiger partial charge on any atom is -0.0167 e. The first-order valence-corrected chi connectivity index (χ1v) is 2.91. The molecule has 49 valence electrons. The zero-order chi connectivity index (χ0) is 6.95. The first-order chi connectivity index (χ1) is 4.41. The summed E-state index contributed by atoms with van der Waals surface area (Å²) in [6, 6.07) is 12.5. The Balaban J connectivity index is 0.000000187. The molecule has 0 saturated heterocycles. The molecule has 0 aliphatic rings. The monoisotopic (exact) mass is 122 g/mol. The Labute approximate surface area is 56.7 Å². The van der Waals surface area contributed by atoms with Crippen molar-refractivity contribution in [1.82, 2.24) is 5.32 Å². The predicted octanol–water partition coefficient (Wildman–Crippen LogP) is 1.32. The molecule has 0 heterocycles. The van der Waals surface area contributed by atoms with Crippen LogP contribution in [-0.2, 0) is 0 Å². The number of hydrogen-bond donors (Lipinski definition) is 1. The van der Waals surface area contributed by atoms with Gasteiger partial charge < -0.3 is 5.32 Å². The van der Waals surface area contributed by atoms with Crippen LogP contribution in [0.15, 0.2) is 30.3 Å². The zero-order valence-corrected chi connectivity index (χ0v) is 5.89. The van der Waals surface area contributed by atoms with E-state index in [4.69, 9.17) is 0 Å². The fourth-order valence-electron chi connectivity index (χ4n) is 0.342. The van der Waals surface area contributed by atoms with Crippen molar-refractivity contribution in [3.8, 4) is 0 Å². The SMILES string of the molecule is CNC.[c]1ccccc1. The zero-order valence-electron chi connectivity index (χ0n) is 5.89. The minimum atomic E-state index is 1.88. The van der Waals surface area contributed by atoms with Gasteiger partial charge in [0.1, 0.15) is 0 Å². The van der Waals surface area contributed by atoms with E-state index in [2.05, 4.69) is 11.4 Å². The van der Waals surface area contributed by atoms with E-state index in [-0.39, 0.29) is 0 Å². The average Bonchev–Trinajstić information content (AvgIpc) is 1.93. The molecule has 1 N–H and O–H groups in total. The maximum atomic E-state index is 2.89. The van der Waals surface area contributed by atoms with Crippen LogP contribution in [0.4, 0.5) is 0 Å². The van der Waals surface area contributed by atoms with Crippen LogP contribution in [-0.4, -0.2) is 14.1 Å². The van der Waals surface area contributed by atoms with Crippen LogP contribution in [0.2, 0.25) is 0 Å². The van der Waals surface area contributed by atoms with Crippen LogP contribution in [0.5, 0.6) is 0 Å². The summed E-state index contributed by atoms with van der Waals surface area (Å²) in [7, 11) is 3.75. The normalized spacial score (nSPS) is 7.33. The molecular formula is C8H12N. The highest BCUT2D eigenvalue weighted by Crippen LogP contribution is 1.78. The molecule has 0 atom stereocenters. The molecule has 1 radical (unpaired) electrons. The molecule has 0 aliphatic carbocycles. The lowest BCUT2D eigenvalue weighted by molar-refractivity contribution is 1.02. The van der Waals surface area contributed by atoms with Gasteiger partial charge in [0, 0.05) is 0 Å². The van der Waals surface area contributed by atoms with Crippen LogP contribution < -0.4 is 5.32 Å². The summed E-state index contributed by atoms with van der Waals surface area (Å²) < 4.78 is 0. The highest BCUT2D eigenvalue weighted by atomic mass is 14.7. The maximum absolute atomic E-state index is 2.89. The quantitative estimate of drug-likeness (QED) is 0.547. The van der Waals surface area contributed by atoms with E-state index in [1.807, 2.05) is 44.4 Å². The van der Waals surface area contributed by atoms with Crippen molar-refractivity contribution >= 4 is 0 Å². The van der Waals surface area contributed by atoms with Gasteiger partial charge in [-0.1, -0.05) is 30.3 Å². The van der Waals surface area contributed by atoms with E-state index in [0.717, 1.165) is 0 Å². The van der Waals surface area contributed by atoms with Gasteiger partial charge in [0.25, 0.3) is 0 Å². The van der Waals surface area contributed by atoms with Gasteiger partial charge in [0.05, 0.1) is 0 Å². The molecule has 0 amide bonds. The predicted molar refractivity (Wildman–Crippen MR) is 40.3 cm³/mol. The molecule has 0 bridgehead atoms. The van der Waals surface area contributed by atoms with E-state index in [9.17, 15) is 0 Å². The summed E-state index contributed by atoms with van der Waals surface area (Å²) in [5.41, 5.74) is 0. The first kappa shape index (κ1) is 8.18. The summed E-state index contributed by atoms with van der Waals surface area (Å²) in [5, 5.41) is 2.75. The van der Waals surface area contributed by atoms with E-state index < -0.39 is 0 Å². The highest BCUT2D eigenvalue weighted by molar-refractivity contribution is 4.97. The second kappa shape index (κ2) is 7.18. The second-order valence-electron chi connectivity index (χ2n) is 1.58. The second-order valence-corrected chi connectivity index (χ2v) is 1.58. The van der Waals surface area contributed by atoms with Crippen LogP contribution in [0.25, 0.3) is 0 Å².